The van der Waals surface area contributed by atoms with Gasteiger partial charge in [0.15, 0.2) is 0 Å². The van der Waals surface area contributed by atoms with Crippen molar-refractivity contribution in [1.29, 1.82) is 0 Å². The van der Waals surface area contributed by atoms with Gasteiger partial charge in [-0.1, -0.05) is 19.1 Å². The van der Waals surface area contributed by atoms with Gasteiger partial charge < -0.3 is 9.88 Å². The Morgan fingerprint density at radius 2 is 2.08 bits per heavy atom. The second-order valence-electron chi connectivity index (χ2n) is 5.87. The van der Waals surface area contributed by atoms with E-state index in [1.807, 2.05) is 11.4 Å². The van der Waals surface area contributed by atoms with Gasteiger partial charge in [-0.25, -0.2) is 9.97 Å². The minimum atomic E-state index is -0.170. The van der Waals surface area contributed by atoms with E-state index in [2.05, 4.69) is 21.9 Å². The molecule has 3 aromatic rings. The molecule has 25 heavy (non-hydrogen) atoms. The summed E-state index contributed by atoms with van der Waals surface area (Å²) in [4.78, 5) is 37.7. The number of para-hydroxylation sites is 1. The zero-order valence-corrected chi connectivity index (χ0v) is 15.1. The molecule has 2 heterocycles. The fourth-order valence-corrected chi connectivity index (χ4v) is 3.32. The molecule has 0 radical (unpaired) electrons. The predicted octanol–water partition coefficient (Wildman–Crippen LogP) is 2.53. The molecular formula is C18H20N4O2S. The van der Waals surface area contributed by atoms with E-state index in [9.17, 15) is 9.59 Å². The monoisotopic (exact) mass is 356 g/mol. The van der Waals surface area contributed by atoms with Gasteiger partial charge >= 0.3 is 0 Å². The van der Waals surface area contributed by atoms with Crippen LogP contribution < -0.4 is 5.56 Å². The highest BCUT2D eigenvalue weighted by molar-refractivity contribution is 7.09. The second-order valence-corrected chi connectivity index (χ2v) is 6.81. The zero-order chi connectivity index (χ0) is 17.8. The van der Waals surface area contributed by atoms with Gasteiger partial charge in [-0.3, -0.25) is 9.59 Å². The molecule has 6 nitrogen and oxygen atoms in total. The molecule has 3 rings (SSSR count). The molecule has 0 aliphatic heterocycles. The number of fused-ring (bicyclic) bond motifs is 1. The van der Waals surface area contributed by atoms with E-state index in [1.54, 1.807) is 41.5 Å². The number of thiazole rings is 1. The smallest absolute Gasteiger partial charge is 0.258 e. The Morgan fingerprint density at radius 1 is 1.28 bits per heavy atom. The number of hydrogen-bond acceptors (Lipinski definition) is 5. The molecular weight excluding hydrogens is 336 g/mol. The molecule has 0 saturated carbocycles. The number of H-pyrrole nitrogens is 1. The molecule has 1 N–H and O–H groups in total. The van der Waals surface area contributed by atoms with Gasteiger partial charge in [-0.15, -0.1) is 11.3 Å². The van der Waals surface area contributed by atoms with Gasteiger partial charge in [0, 0.05) is 25.3 Å². The molecule has 130 valence electrons. The van der Waals surface area contributed by atoms with Gasteiger partial charge in [-0.2, -0.15) is 0 Å². The fourth-order valence-electron chi connectivity index (χ4n) is 2.58. The molecule has 0 bridgehead atoms. The quantitative estimate of drug-likeness (QED) is 0.736. The minimum Gasteiger partial charge on any atom is -0.340 e. The standard InChI is InChI=1S/C18H20N4O2S/c1-3-16-19-12(11-25-16)10-22(2)17(23)9-8-15-20-14-7-5-4-6-13(14)18(24)21-15/h4-7,11H,3,8-10H2,1-2H3,(H,20,21,24). The van der Waals surface area contributed by atoms with Gasteiger partial charge in [0.1, 0.15) is 5.82 Å². The number of nitrogens with zero attached hydrogens (tertiary/aromatic N) is 3. The van der Waals surface area contributed by atoms with E-state index in [-0.39, 0.29) is 11.5 Å². The lowest BCUT2D eigenvalue weighted by molar-refractivity contribution is -0.130. The van der Waals surface area contributed by atoms with Crippen LogP contribution in [0, 0.1) is 0 Å². The van der Waals surface area contributed by atoms with E-state index in [0.717, 1.165) is 17.1 Å². The van der Waals surface area contributed by atoms with Crippen LogP contribution in [0.5, 0.6) is 0 Å². The minimum absolute atomic E-state index is 0.00172. The first kappa shape index (κ1) is 17.3. The van der Waals surface area contributed by atoms with Crippen LogP contribution in [0.15, 0.2) is 34.4 Å². The summed E-state index contributed by atoms with van der Waals surface area (Å²) in [5.74, 6) is 0.536. The summed E-state index contributed by atoms with van der Waals surface area (Å²) in [5, 5.41) is 3.63. The van der Waals surface area contributed by atoms with E-state index >= 15 is 0 Å². The Labute approximate surface area is 149 Å². The highest BCUT2D eigenvalue weighted by atomic mass is 32.1. The van der Waals surface area contributed by atoms with Crippen LogP contribution in [0.2, 0.25) is 0 Å². The highest BCUT2D eigenvalue weighted by Crippen LogP contribution is 2.12. The van der Waals surface area contributed by atoms with Crippen molar-refractivity contribution in [2.75, 3.05) is 7.05 Å². The van der Waals surface area contributed by atoms with Crippen LogP contribution in [-0.2, 0) is 24.2 Å². The third kappa shape index (κ3) is 4.11. The van der Waals surface area contributed by atoms with E-state index < -0.39 is 0 Å². The van der Waals surface area contributed by atoms with Gasteiger partial charge in [-0.05, 0) is 18.6 Å². The van der Waals surface area contributed by atoms with Crippen LogP contribution in [0.4, 0.5) is 0 Å². The molecule has 0 aliphatic carbocycles. The van der Waals surface area contributed by atoms with Crippen molar-refractivity contribution in [2.45, 2.75) is 32.7 Å². The lowest BCUT2D eigenvalue weighted by Crippen LogP contribution is -2.27. The maximum atomic E-state index is 12.3. The molecule has 0 spiro atoms. The van der Waals surface area contributed by atoms with Crippen molar-refractivity contribution in [2.24, 2.45) is 0 Å². The number of aryl methyl sites for hydroxylation is 2. The van der Waals surface area contributed by atoms with Crippen molar-refractivity contribution in [3.05, 3.63) is 56.5 Å². The van der Waals surface area contributed by atoms with E-state index in [4.69, 9.17) is 0 Å². The van der Waals surface area contributed by atoms with Crippen molar-refractivity contribution in [1.82, 2.24) is 19.9 Å². The summed E-state index contributed by atoms with van der Waals surface area (Å²) >= 11 is 1.62. The SMILES string of the molecule is CCc1nc(CN(C)C(=O)CCc2nc3ccccc3c(=O)[nH]2)cs1. The average Bonchev–Trinajstić information content (AvgIpc) is 3.07. The maximum absolute atomic E-state index is 12.3. The van der Waals surface area contributed by atoms with Crippen LogP contribution in [0.3, 0.4) is 0 Å². The number of amides is 1. The molecule has 1 amide bonds. The molecule has 7 heteroatoms. The lowest BCUT2D eigenvalue weighted by Gasteiger charge is -2.15. The van der Waals surface area contributed by atoms with Crippen LogP contribution >= 0.6 is 11.3 Å². The van der Waals surface area contributed by atoms with Gasteiger partial charge in [0.25, 0.3) is 5.56 Å². The number of aromatic nitrogens is 3. The average molecular weight is 356 g/mol. The first-order valence-corrected chi connectivity index (χ1v) is 9.10. The van der Waals surface area contributed by atoms with Gasteiger partial charge in [0.05, 0.1) is 28.1 Å². The summed E-state index contributed by atoms with van der Waals surface area (Å²) in [5.41, 5.74) is 1.39. The van der Waals surface area contributed by atoms with Crippen molar-refractivity contribution >= 4 is 28.1 Å². The topological polar surface area (TPSA) is 79.0 Å². The van der Waals surface area contributed by atoms with Crippen LogP contribution in [-0.4, -0.2) is 32.8 Å². The number of carbonyl (C=O) groups is 1. The van der Waals surface area contributed by atoms with Crippen LogP contribution in [0.25, 0.3) is 10.9 Å². The van der Waals surface area contributed by atoms with E-state index in [0.29, 0.717) is 36.1 Å². The Balaban J connectivity index is 1.62. The molecule has 0 saturated heterocycles. The molecule has 1 aromatic carbocycles. The molecule has 0 atom stereocenters. The highest BCUT2D eigenvalue weighted by Gasteiger charge is 2.12. The number of benzene rings is 1. The maximum Gasteiger partial charge on any atom is 0.258 e. The number of nitrogens with one attached hydrogen (secondary N) is 1. The molecule has 0 fully saturated rings. The Bertz CT molecular complexity index is 947. The summed E-state index contributed by atoms with van der Waals surface area (Å²) in [6, 6.07) is 7.19. The number of carbonyl (C=O) groups excluding carboxylic acids is 1. The largest absolute Gasteiger partial charge is 0.340 e. The van der Waals surface area contributed by atoms with Crippen molar-refractivity contribution in [3.63, 3.8) is 0 Å². The summed E-state index contributed by atoms with van der Waals surface area (Å²) < 4.78 is 0. The molecule has 0 unspecified atom stereocenters. The summed E-state index contributed by atoms with van der Waals surface area (Å²) in [7, 11) is 1.77. The fraction of sp³-hybridized carbons (Fsp3) is 0.333. The zero-order valence-electron chi connectivity index (χ0n) is 14.3. The van der Waals surface area contributed by atoms with Crippen LogP contribution in [0.1, 0.15) is 29.9 Å². The Hall–Kier alpha value is -2.54. The predicted molar refractivity (Wildman–Crippen MR) is 98.7 cm³/mol. The molecule has 2 aromatic heterocycles. The second kappa shape index (κ2) is 7.57. The van der Waals surface area contributed by atoms with Crippen molar-refractivity contribution < 1.29 is 4.79 Å². The third-order valence-corrected chi connectivity index (χ3v) is 5.01. The van der Waals surface area contributed by atoms with Crippen molar-refractivity contribution in [3.8, 4) is 0 Å². The molecule has 0 aliphatic rings. The lowest BCUT2D eigenvalue weighted by atomic mass is 10.2. The number of aromatic amines is 1. The normalized spacial score (nSPS) is 11.0. The van der Waals surface area contributed by atoms with E-state index in [1.165, 1.54) is 0 Å². The van der Waals surface area contributed by atoms with Gasteiger partial charge in [0.2, 0.25) is 5.91 Å². The number of rotatable bonds is 6. The Morgan fingerprint density at radius 3 is 2.84 bits per heavy atom. The summed E-state index contributed by atoms with van der Waals surface area (Å²) in [6.07, 6.45) is 1.60. The first-order chi connectivity index (χ1) is 12.1. The third-order valence-electron chi connectivity index (χ3n) is 3.96. The number of hydrogen-bond donors (Lipinski definition) is 1. The summed E-state index contributed by atoms with van der Waals surface area (Å²) in [6.45, 7) is 2.56. The Kier molecular flexibility index (Phi) is 5.23. The first-order valence-electron chi connectivity index (χ1n) is 8.22.